The number of nitrogens with zero attached hydrogens (tertiary/aromatic N) is 3. The Morgan fingerprint density at radius 1 is 1.21 bits per heavy atom. The van der Waals surface area contributed by atoms with Crippen LogP contribution in [0.15, 0.2) is 58.9 Å². The van der Waals surface area contributed by atoms with Gasteiger partial charge in [0.2, 0.25) is 5.91 Å². The van der Waals surface area contributed by atoms with Crippen molar-refractivity contribution in [1.29, 1.82) is 0 Å². The van der Waals surface area contributed by atoms with Crippen molar-refractivity contribution in [2.45, 2.75) is 38.9 Å². The summed E-state index contributed by atoms with van der Waals surface area (Å²) in [4.78, 5) is 30.7. The maximum Gasteiger partial charge on any atom is 0.264 e. The largest absolute Gasteiger partial charge is 0.472 e. The first-order valence-electron chi connectivity index (χ1n) is 9.68. The molecule has 4 heterocycles. The second-order valence-electron chi connectivity index (χ2n) is 8.21. The van der Waals surface area contributed by atoms with E-state index in [1.165, 1.54) is 11.3 Å². The number of carbonyl (C=O) groups is 2. The number of carbonyl (C=O) groups excluding carboxylic acids is 2. The predicted molar refractivity (Wildman–Crippen MR) is 112 cm³/mol. The number of thiophene rings is 1. The van der Waals surface area contributed by atoms with E-state index < -0.39 is 5.54 Å². The van der Waals surface area contributed by atoms with Crippen LogP contribution in [-0.2, 0) is 11.3 Å². The minimum atomic E-state index is -0.474. The van der Waals surface area contributed by atoms with Crippen molar-refractivity contribution in [3.8, 4) is 0 Å². The Kier molecular flexibility index (Phi) is 5.08. The summed E-state index contributed by atoms with van der Waals surface area (Å²) in [6.07, 6.45) is 5.35. The van der Waals surface area contributed by atoms with Gasteiger partial charge in [0.25, 0.3) is 5.91 Å². The van der Waals surface area contributed by atoms with Crippen molar-refractivity contribution in [3.05, 3.63) is 70.6 Å². The van der Waals surface area contributed by atoms with Crippen LogP contribution >= 0.6 is 11.3 Å². The first-order valence-corrected chi connectivity index (χ1v) is 10.6. The van der Waals surface area contributed by atoms with Crippen molar-refractivity contribution in [2.75, 3.05) is 13.1 Å². The molecule has 2 amide bonds. The molecular weight excluding hydrogens is 386 g/mol. The van der Waals surface area contributed by atoms with Crippen molar-refractivity contribution < 1.29 is 14.0 Å². The number of fused-ring (bicyclic) bond motifs is 1. The van der Waals surface area contributed by atoms with E-state index in [0.717, 1.165) is 17.8 Å². The maximum absolute atomic E-state index is 13.5. The van der Waals surface area contributed by atoms with Gasteiger partial charge in [-0.05, 0) is 50.4 Å². The Balaban J connectivity index is 1.63. The molecule has 1 aliphatic heterocycles. The van der Waals surface area contributed by atoms with Gasteiger partial charge < -0.3 is 18.8 Å². The first-order chi connectivity index (χ1) is 13.9. The van der Waals surface area contributed by atoms with Gasteiger partial charge in [0.15, 0.2) is 0 Å². The lowest BCUT2D eigenvalue weighted by molar-refractivity contribution is -0.135. The van der Waals surface area contributed by atoms with Crippen molar-refractivity contribution in [3.63, 3.8) is 0 Å². The smallest absolute Gasteiger partial charge is 0.264 e. The number of aromatic nitrogens is 1. The third-order valence-electron chi connectivity index (χ3n) is 5.30. The summed E-state index contributed by atoms with van der Waals surface area (Å²) in [6, 6.07) is 9.37. The number of furan rings is 1. The van der Waals surface area contributed by atoms with Crippen LogP contribution in [0.25, 0.3) is 0 Å². The molecule has 0 aromatic carbocycles. The molecule has 7 heteroatoms. The fourth-order valence-electron chi connectivity index (χ4n) is 3.81. The van der Waals surface area contributed by atoms with Gasteiger partial charge in [-0.15, -0.1) is 11.3 Å². The van der Waals surface area contributed by atoms with Crippen LogP contribution in [0.1, 0.15) is 47.7 Å². The molecule has 0 N–H and O–H groups in total. The van der Waals surface area contributed by atoms with E-state index in [2.05, 4.69) is 4.57 Å². The van der Waals surface area contributed by atoms with Gasteiger partial charge in [0.05, 0.1) is 17.4 Å². The summed E-state index contributed by atoms with van der Waals surface area (Å²) in [7, 11) is 0. The number of amides is 2. The normalized spacial score (nSPS) is 16.5. The van der Waals surface area contributed by atoms with Crippen molar-refractivity contribution >= 4 is 23.2 Å². The van der Waals surface area contributed by atoms with Gasteiger partial charge in [-0.2, -0.15) is 0 Å². The van der Waals surface area contributed by atoms with E-state index in [0.29, 0.717) is 11.4 Å². The minimum absolute atomic E-state index is 0.0370. The Bertz CT molecular complexity index is 983. The van der Waals surface area contributed by atoms with Crippen LogP contribution < -0.4 is 0 Å². The van der Waals surface area contributed by atoms with Crippen molar-refractivity contribution in [1.82, 2.24) is 14.4 Å². The lowest BCUT2D eigenvalue weighted by Crippen LogP contribution is -2.53. The molecule has 4 rings (SSSR count). The average Bonchev–Trinajstić information content (AvgIpc) is 3.45. The van der Waals surface area contributed by atoms with Gasteiger partial charge in [-0.25, -0.2) is 0 Å². The molecule has 0 fully saturated rings. The highest BCUT2D eigenvalue weighted by Crippen LogP contribution is 2.33. The molecular formula is C22H25N3O3S. The molecule has 6 nitrogen and oxygen atoms in total. The molecule has 0 spiro atoms. The summed E-state index contributed by atoms with van der Waals surface area (Å²) in [5.74, 6) is -0.176. The molecule has 1 aliphatic rings. The number of hydrogen-bond acceptors (Lipinski definition) is 4. The SMILES string of the molecule is CC(C)(C)N(CC(=O)N1CCn2cccc2[C@@H]1c1ccoc1)C(=O)c1cccs1. The summed E-state index contributed by atoms with van der Waals surface area (Å²) in [5, 5.41) is 1.88. The van der Waals surface area contributed by atoms with Gasteiger partial charge >= 0.3 is 0 Å². The molecule has 0 saturated carbocycles. The summed E-state index contributed by atoms with van der Waals surface area (Å²) < 4.78 is 7.47. The van der Waals surface area contributed by atoms with E-state index in [-0.39, 0.29) is 24.4 Å². The molecule has 0 bridgehead atoms. The van der Waals surface area contributed by atoms with Crippen LogP contribution in [0.3, 0.4) is 0 Å². The highest BCUT2D eigenvalue weighted by atomic mass is 32.1. The predicted octanol–water partition coefficient (Wildman–Crippen LogP) is 4.02. The van der Waals surface area contributed by atoms with Gasteiger partial charge in [0.1, 0.15) is 12.6 Å². The number of rotatable bonds is 4. The summed E-state index contributed by atoms with van der Waals surface area (Å²) in [5.41, 5.74) is 1.51. The Labute approximate surface area is 174 Å². The lowest BCUT2D eigenvalue weighted by atomic mass is 10.0. The van der Waals surface area contributed by atoms with E-state index >= 15 is 0 Å². The topological polar surface area (TPSA) is 58.7 Å². The monoisotopic (exact) mass is 411 g/mol. The zero-order valence-electron chi connectivity index (χ0n) is 16.9. The zero-order chi connectivity index (χ0) is 20.6. The number of hydrogen-bond donors (Lipinski definition) is 0. The highest BCUT2D eigenvalue weighted by Gasteiger charge is 2.36. The first kappa shape index (κ1) is 19.5. The van der Waals surface area contributed by atoms with Gasteiger partial charge in [-0.3, -0.25) is 9.59 Å². The molecule has 0 radical (unpaired) electrons. The van der Waals surface area contributed by atoms with Crippen LogP contribution in [-0.4, -0.2) is 44.8 Å². The second-order valence-corrected chi connectivity index (χ2v) is 9.16. The molecule has 0 unspecified atom stereocenters. The van der Waals surface area contributed by atoms with E-state index in [4.69, 9.17) is 4.42 Å². The highest BCUT2D eigenvalue weighted by molar-refractivity contribution is 7.12. The Morgan fingerprint density at radius 2 is 2.03 bits per heavy atom. The van der Waals surface area contributed by atoms with Crippen molar-refractivity contribution in [2.24, 2.45) is 0 Å². The standard InChI is InChI=1S/C22H25N3O3S/c1-22(2,3)25(21(27)18-7-5-13-29-18)14-19(26)24-11-10-23-9-4-6-17(23)20(24)16-8-12-28-15-16/h4-9,12-13,15,20H,10-11,14H2,1-3H3/t20-/m0/s1. The van der Waals surface area contributed by atoms with Gasteiger partial charge in [0, 0.05) is 36.1 Å². The lowest BCUT2D eigenvalue weighted by Gasteiger charge is -2.40. The molecule has 3 aromatic rings. The Hall–Kier alpha value is -2.80. The fraction of sp³-hybridized carbons (Fsp3) is 0.364. The van der Waals surface area contributed by atoms with Crippen LogP contribution in [0.2, 0.25) is 0 Å². The molecule has 3 aromatic heterocycles. The summed E-state index contributed by atoms with van der Waals surface area (Å²) >= 11 is 1.40. The van der Waals surface area contributed by atoms with Gasteiger partial charge in [-0.1, -0.05) is 6.07 Å². The van der Waals surface area contributed by atoms with E-state index in [9.17, 15) is 9.59 Å². The summed E-state index contributed by atoms with van der Waals surface area (Å²) in [6.45, 7) is 7.23. The molecule has 0 aliphatic carbocycles. The third kappa shape index (κ3) is 3.74. The van der Waals surface area contributed by atoms with E-state index in [1.54, 1.807) is 23.5 Å². The second kappa shape index (κ2) is 7.55. The fourth-order valence-corrected chi connectivity index (χ4v) is 4.48. The molecule has 0 saturated heterocycles. The molecule has 29 heavy (non-hydrogen) atoms. The van der Waals surface area contributed by atoms with E-state index in [1.807, 2.05) is 61.5 Å². The Morgan fingerprint density at radius 3 is 2.69 bits per heavy atom. The van der Waals surface area contributed by atoms with Crippen LogP contribution in [0.4, 0.5) is 0 Å². The average molecular weight is 412 g/mol. The minimum Gasteiger partial charge on any atom is -0.472 e. The third-order valence-corrected chi connectivity index (χ3v) is 6.16. The quantitative estimate of drug-likeness (QED) is 0.652. The maximum atomic E-state index is 13.5. The van der Waals surface area contributed by atoms with Crippen LogP contribution in [0.5, 0.6) is 0 Å². The molecule has 152 valence electrons. The van der Waals surface area contributed by atoms with Crippen LogP contribution in [0, 0.1) is 0 Å². The zero-order valence-corrected chi connectivity index (χ0v) is 17.7. The molecule has 1 atom stereocenters.